The molecule has 0 aliphatic carbocycles. The van der Waals surface area contributed by atoms with Crippen molar-refractivity contribution >= 4 is 22.6 Å². The molecule has 4 aromatic rings. The van der Waals surface area contributed by atoms with E-state index in [1.54, 1.807) is 7.11 Å². The molecule has 0 radical (unpaired) electrons. The van der Waals surface area contributed by atoms with E-state index in [9.17, 15) is 9.90 Å². The molecule has 2 atom stereocenters. The fraction of sp³-hybridized carbons (Fsp3) is 0.286. The molecular formula is C28H29N3O4. The van der Waals surface area contributed by atoms with Gasteiger partial charge < -0.3 is 24.0 Å². The van der Waals surface area contributed by atoms with Gasteiger partial charge in [-0.3, -0.25) is 4.79 Å². The van der Waals surface area contributed by atoms with E-state index in [0.29, 0.717) is 25.3 Å². The Labute approximate surface area is 204 Å². The highest BCUT2D eigenvalue weighted by molar-refractivity contribution is 5.96. The Kier molecular flexibility index (Phi) is 6.42. The number of fused-ring (bicyclic) bond motifs is 1. The summed E-state index contributed by atoms with van der Waals surface area (Å²) in [6, 6.07) is 23.1. The number of aliphatic hydroxyl groups is 1. The van der Waals surface area contributed by atoms with Crippen molar-refractivity contribution in [1.82, 2.24) is 9.55 Å². The second-order valence-corrected chi connectivity index (χ2v) is 8.95. The van der Waals surface area contributed by atoms with Gasteiger partial charge in [-0.05, 0) is 55.5 Å². The standard InChI is InChI=1S/C28H29N3O4/c1-19-7-9-21(10-8-19)30-16-20(15-27(30)33)28-29-25-5-3-4-6-26(25)31(28)17-22(32)18-35-24-13-11-23(34-2)12-14-24/h3-14,20,22,32H,15-18H2,1-2H3/t20-,22+/m1/s1. The summed E-state index contributed by atoms with van der Waals surface area (Å²) in [4.78, 5) is 19.6. The predicted molar refractivity (Wildman–Crippen MR) is 135 cm³/mol. The molecule has 0 bridgehead atoms. The van der Waals surface area contributed by atoms with Crippen LogP contribution in [0, 0.1) is 6.92 Å². The van der Waals surface area contributed by atoms with Crippen LogP contribution in [0.5, 0.6) is 11.5 Å². The lowest BCUT2D eigenvalue weighted by atomic mass is 10.1. The van der Waals surface area contributed by atoms with Crippen LogP contribution in [0.25, 0.3) is 11.0 Å². The van der Waals surface area contributed by atoms with Crippen LogP contribution < -0.4 is 14.4 Å². The van der Waals surface area contributed by atoms with Gasteiger partial charge in [0.25, 0.3) is 0 Å². The van der Waals surface area contributed by atoms with Crippen LogP contribution in [0.2, 0.25) is 0 Å². The number of imidazole rings is 1. The Hall–Kier alpha value is -3.84. The number of aryl methyl sites for hydroxylation is 1. The smallest absolute Gasteiger partial charge is 0.227 e. The fourth-order valence-electron chi connectivity index (χ4n) is 4.58. The molecule has 1 aliphatic rings. The number of hydrogen-bond acceptors (Lipinski definition) is 5. The van der Waals surface area contributed by atoms with E-state index in [1.165, 1.54) is 0 Å². The van der Waals surface area contributed by atoms with Crippen LogP contribution in [0.1, 0.15) is 23.7 Å². The highest BCUT2D eigenvalue weighted by atomic mass is 16.5. The van der Waals surface area contributed by atoms with Gasteiger partial charge in [-0.1, -0.05) is 29.8 Å². The third kappa shape index (κ3) is 4.86. The molecule has 7 heteroatoms. The maximum absolute atomic E-state index is 12.9. The topological polar surface area (TPSA) is 76.8 Å². The van der Waals surface area contributed by atoms with Gasteiger partial charge in [0.1, 0.15) is 30.0 Å². The summed E-state index contributed by atoms with van der Waals surface area (Å²) in [5.74, 6) is 2.25. The molecule has 1 saturated heterocycles. The van der Waals surface area contributed by atoms with Crippen LogP contribution in [0.3, 0.4) is 0 Å². The fourth-order valence-corrected chi connectivity index (χ4v) is 4.58. The Morgan fingerprint density at radius 2 is 1.74 bits per heavy atom. The molecule has 0 saturated carbocycles. The molecule has 1 aromatic heterocycles. The number of amides is 1. The first-order valence-corrected chi connectivity index (χ1v) is 11.8. The molecule has 3 aromatic carbocycles. The number of nitrogens with zero attached hydrogens (tertiary/aromatic N) is 3. The van der Waals surface area contributed by atoms with Crippen molar-refractivity contribution in [3.63, 3.8) is 0 Å². The first kappa shape index (κ1) is 22.9. The van der Waals surface area contributed by atoms with Gasteiger partial charge >= 0.3 is 0 Å². The summed E-state index contributed by atoms with van der Waals surface area (Å²) in [5.41, 5.74) is 3.85. The number of para-hydroxylation sites is 2. The first-order chi connectivity index (χ1) is 17.0. The number of aliphatic hydroxyl groups excluding tert-OH is 1. The van der Waals surface area contributed by atoms with E-state index >= 15 is 0 Å². The Balaban J connectivity index is 1.35. The predicted octanol–water partition coefficient (Wildman–Crippen LogP) is 4.31. The largest absolute Gasteiger partial charge is 0.497 e. The average Bonchev–Trinajstić information content (AvgIpc) is 3.44. The number of carbonyl (C=O) groups excluding carboxylic acids is 1. The van der Waals surface area contributed by atoms with Gasteiger partial charge in [-0.15, -0.1) is 0 Å². The summed E-state index contributed by atoms with van der Waals surface area (Å²) >= 11 is 0. The van der Waals surface area contributed by atoms with Crippen molar-refractivity contribution in [3.8, 4) is 11.5 Å². The normalized spacial score (nSPS) is 16.6. The molecule has 1 aliphatic heterocycles. The van der Waals surface area contributed by atoms with Crippen LogP contribution in [-0.4, -0.2) is 46.9 Å². The third-order valence-electron chi connectivity index (χ3n) is 6.42. The highest BCUT2D eigenvalue weighted by Crippen LogP contribution is 2.33. The molecule has 7 nitrogen and oxygen atoms in total. The zero-order chi connectivity index (χ0) is 24.4. The molecule has 1 N–H and O–H groups in total. The number of benzene rings is 3. The molecule has 180 valence electrons. The number of anilines is 1. The number of methoxy groups -OCH3 is 1. The van der Waals surface area contributed by atoms with Crippen molar-refractivity contribution in [2.75, 3.05) is 25.2 Å². The second-order valence-electron chi connectivity index (χ2n) is 8.95. The van der Waals surface area contributed by atoms with Crippen molar-refractivity contribution in [3.05, 3.63) is 84.2 Å². The van der Waals surface area contributed by atoms with Gasteiger partial charge in [0.05, 0.1) is 24.7 Å². The summed E-state index contributed by atoms with van der Waals surface area (Å²) in [7, 11) is 1.62. The van der Waals surface area contributed by atoms with Gasteiger partial charge in [0, 0.05) is 24.6 Å². The quantitative estimate of drug-likeness (QED) is 0.414. The van der Waals surface area contributed by atoms with Crippen LogP contribution in [-0.2, 0) is 11.3 Å². The average molecular weight is 472 g/mol. The van der Waals surface area contributed by atoms with Crippen LogP contribution in [0.4, 0.5) is 5.69 Å². The number of rotatable bonds is 8. The minimum absolute atomic E-state index is 0.0640. The van der Waals surface area contributed by atoms with E-state index in [0.717, 1.165) is 33.9 Å². The van der Waals surface area contributed by atoms with E-state index in [2.05, 4.69) is 0 Å². The number of ether oxygens (including phenoxy) is 2. The molecule has 1 amide bonds. The van der Waals surface area contributed by atoms with Crippen molar-refractivity contribution in [1.29, 1.82) is 0 Å². The molecule has 1 fully saturated rings. The molecule has 0 unspecified atom stereocenters. The summed E-state index contributed by atoms with van der Waals surface area (Å²) < 4.78 is 13.0. The molecule has 35 heavy (non-hydrogen) atoms. The zero-order valence-corrected chi connectivity index (χ0v) is 19.9. The van der Waals surface area contributed by atoms with Crippen molar-refractivity contribution in [2.45, 2.75) is 31.9 Å². The van der Waals surface area contributed by atoms with E-state index in [1.807, 2.05) is 89.2 Å². The summed E-state index contributed by atoms with van der Waals surface area (Å²) in [6.45, 7) is 3.05. The zero-order valence-electron chi connectivity index (χ0n) is 19.9. The van der Waals surface area contributed by atoms with Gasteiger partial charge in [0.15, 0.2) is 0 Å². The first-order valence-electron chi connectivity index (χ1n) is 11.8. The minimum Gasteiger partial charge on any atom is -0.497 e. The lowest BCUT2D eigenvalue weighted by molar-refractivity contribution is -0.117. The van der Waals surface area contributed by atoms with Crippen LogP contribution >= 0.6 is 0 Å². The highest BCUT2D eigenvalue weighted by Gasteiger charge is 2.35. The SMILES string of the molecule is COc1ccc(OC[C@@H](O)Cn2c([C@@H]3CC(=O)N(c4ccc(C)cc4)C3)nc3ccccc32)cc1. The second kappa shape index (κ2) is 9.80. The monoisotopic (exact) mass is 471 g/mol. The third-order valence-corrected chi connectivity index (χ3v) is 6.42. The Morgan fingerprint density at radius 1 is 1.03 bits per heavy atom. The van der Waals surface area contributed by atoms with Crippen LogP contribution in [0.15, 0.2) is 72.8 Å². The lowest BCUT2D eigenvalue weighted by Gasteiger charge is -2.19. The number of aromatic nitrogens is 2. The van der Waals surface area contributed by atoms with Crippen molar-refractivity contribution < 1.29 is 19.4 Å². The van der Waals surface area contributed by atoms with E-state index in [-0.39, 0.29) is 18.4 Å². The van der Waals surface area contributed by atoms with E-state index < -0.39 is 6.10 Å². The molecule has 2 heterocycles. The van der Waals surface area contributed by atoms with E-state index in [4.69, 9.17) is 14.5 Å². The van der Waals surface area contributed by atoms with Gasteiger partial charge in [-0.2, -0.15) is 0 Å². The number of carbonyl (C=O) groups is 1. The number of hydrogen-bond donors (Lipinski definition) is 1. The summed E-state index contributed by atoms with van der Waals surface area (Å²) in [5, 5.41) is 10.8. The Morgan fingerprint density at radius 3 is 2.49 bits per heavy atom. The lowest BCUT2D eigenvalue weighted by Crippen LogP contribution is -2.26. The van der Waals surface area contributed by atoms with Crippen molar-refractivity contribution in [2.24, 2.45) is 0 Å². The minimum atomic E-state index is -0.751. The molecule has 5 rings (SSSR count). The maximum Gasteiger partial charge on any atom is 0.227 e. The maximum atomic E-state index is 12.9. The molecular weight excluding hydrogens is 442 g/mol. The summed E-state index contributed by atoms with van der Waals surface area (Å²) in [6.07, 6.45) is -0.367. The van der Waals surface area contributed by atoms with Gasteiger partial charge in [0.2, 0.25) is 5.91 Å². The molecule has 0 spiro atoms. The van der Waals surface area contributed by atoms with Gasteiger partial charge in [-0.25, -0.2) is 4.98 Å². The Bertz CT molecular complexity index is 1310.